The molecule has 0 amide bonds. The summed E-state index contributed by atoms with van der Waals surface area (Å²) in [6.45, 7) is 4.63. The number of benzene rings is 1. The Balaban J connectivity index is 2.09. The average molecular weight is 268 g/mol. The molecule has 1 aromatic carbocycles. The molecule has 5 heteroatoms. The minimum absolute atomic E-state index is 0.0518. The van der Waals surface area contributed by atoms with Gasteiger partial charge in [0.15, 0.2) is 5.65 Å². The van der Waals surface area contributed by atoms with Crippen molar-refractivity contribution in [2.75, 3.05) is 0 Å². The van der Waals surface area contributed by atoms with Gasteiger partial charge in [-0.15, -0.1) is 0 Å². The van der Waals surface area contributed by atoms with Crippen LogP contribution in [0.5, 0.6) is 0 Å². The molecule has 20 heavy (non-hydrogen) atoms. The number of nitrogens with zero attached hydrogens (tertiary/aromatic N) is 4. The summed E-state index contributed by atoms with van der Waals surface area (Å²) in [5, 5.41) is 4.63. The van der Waals surface area contributed by atoms with E-state index in [9.17, 15) is 4.79 Å². The Kier molecular flexibility index (Phi) is 2.89. The van der Waals surface area contributed by atoms with Crippen molar-refractivity contribution in [1.82, 2.24) is 19.3 Å². The van der Waals surface area contributed by atoms with Crippen molar-refractivity contribution in [3.05, 3.63) is 57.8 Å². The van der Waals surface area contributed by atoms with Gasteiger partial charge in [-0.1, -0.05) is 23.8 Å². The zero-order valence-electron chi connectivity index (χ0n) is 11.8. The Morgan fingerprint density at radius 3 is 2.85 bits per heavy atom. The smallest absolute Gasteiger partial charge is 0.264 e. The third-order valence-corrected chi connectivity index (χ3v) is 3.56. The van der Waals surface area contributed by atoms with E-state index in [1.54, 1.807) is 28.8 Å². The molecule has 3 aromatic rings. The molecule has 0 saturated heterocycles. The first-order valence-electron chi connectivity index (χ1n) is 6.49. The summed E-state index contributed by atoms with van der Waals surface area (Å²) in [4.78, 5) is 16.7. The Morgan fingerprint density at radius 2 is 2.05 bits per heavy atom. The van der Waals surface area contributed by atoms with Gasteiger partial charge in [0, 0.05) is 7.05 Å². The molecule has 0 atom stereocenters. The van der Waals surface area contributed by atoms with Crippen LogP contribution in [0.2, 0.25) is 0 Å². The van der Waals surface area contributed by atoms with E-state index in [1.807, 2.05) is 6.92 Å². The second-order valence-corrected chi connectivity index (χ2v) is 5.11. The molecule has 102 valence electrons. The Morgan fingerprint density at radius 1 is 1.25 bits per heavy atom. The van der Waals surface area contributed by atoms with Gasteiger partial charge in [0.2, 0.25) is 0 Å². The van der Waals surface area contributed by atoms with Gasteiger partial charge in [-0.05, 0) is 25.0 Å². The molecule has 2 heterocycles. The molecule has 0 fully saturated rings. The van der Waals surface area contributed by atoms with E-state index in [0.29, 0.717) is 17.6 Å². The first-order valence-corrected chi connectivity index (χ1v) is 6.49. The number of hydrogen-bond acceptors (Lipinski definition) is 3. The highest BCUT2D eigenvalue weighted by atomic mass is 16.1. The monoisotopic (exact) mass is 268 g/mol. The lowest BCUT2D eigenvalue weighted by Crippen LogP contribution is -2.21. The van der Waals surface area contributed by atoms with Crippen LogP contribution < -0.4 is 5.56 Å². The van der Waals surface area contributed by atoms with E-state index >= 15 is 0 Å². The van der Waals surface area contributed by atoms with Gasteiger partial charge in [-0.2, -0.15) is 5.10 Å². The molecule has 2 aromatic heterocycles. The number of hydrogen-bond donors (Lipinski definition) is 0. The Hall–Kier alpha value is -2.43. The fraction of sp³-hybridized carbons (Fsp3) is 0.267. The summed E-state index contributed by atoms with van der Waals surface area (Å²) >= 11 is 0. The minimum Gasteiger partial charge on any atom is -0.294 e. The largest absolute Gasteiger partial charge is 0.294 e. The van der Waals surface area contributed by atoms with E-state index in [2.05, 4.69) is 35.2 Å². The maximum atomic E-state index is 12.4. The lowest BCUT2D eigenvalue weighted by molar-refractivity contribution is 0.734. The molecule has 0 spiro atoms. The van der Waals surface area contributed by atoms with E-state index in [-0.39, 0.29) is 5.56 Å². The SMILES string of the molecule is Cc1ccc(C)c(Cn2cnc3c(cnn3C)c2=O)c1. The summed E-state index contributed by atoms with van der Waals surface area (Å²) in [5.74, 6) is 0. The predicted octanol–water partition coefficient (Wildman–Crippen LogP) is 1.80. The topological polar surface area (TPSA) is 52.7 Å². The third-order valence-electron chi connectivity index (χ3n) is 3.56. The summed E-state index contributed by atoms with van der Waals surface area (Å²) in [6.07, 6.45) is 3.17. The molecule has 0 aliphatic heterocycles. The van der Waals surface area contributed by atoms with Gasteiger partial charge < -0.3 is 0 Å². The maximum absolute atomic E-state index is 12.4. The van der Waals surface area contributed by atoms with E-state index in [4.69, 9.17) is 0 Å². The number of fused-ring (bicyclic) bond motifs is 1. The van der Waals surface area contributed by atoms with Crippen LogP contribution in [-0.2, 0) is 13.6 Å². The maximum Gasteiger partial charge on any atom is 0.264 e. The van der Waals surface area contributed by atoms with Crippen molar-refractivity contribution in [3.63, 3.8) is 0 Å². The first-order chi connectivity index (χ1) is 9.56. The molecule has 0 saturated carbocycles. The van der Waals surface area contributed by atoms with E-state index < -0.39 is 0 Å². The summed E-state index contributed by atoms with van der Waals surface area (Å²) < 4.78 is 3.24. The van der Waals surface area contributed by atoms with Crippen LogP contribution in [0, 0.1) is 13.8 Å². The fourth-order valence-electron chi connectivity index (χ4n) is 2.33. The fourth-order valence-corrected chi connectivity index (χ4v) is 2.33. The summed E-state index contributed by atoms with van der Waals surface area (Å²) in [6, 6.07) is 6.26. The number of aryl methyl sites for hydroxylation is 3. The van der Waals surface area contributed by atoms with Gasteiger partial charge in [-0.25, -0.2) is 4.98 Å². The Bertz CT molecular complexity index is 845. The van der Waals surface area contributed by atoms with Crippen molar-refractivity contribution < 1.29 is 0 Å². The van der Waals surface area contributed by atoms with Crippen molar-refractivity contribution in [2.24, 2.45) is 7.05 Å². The van der Waals surface area contributed by atoms with Crippen molar-refractivity contribution in [3.8, 4) is 0 Å². The molecular weight excluding hydrogens is 252 g/mol. The third kappa shape index (κ3) is 2.01. The molecule has 0 bridgehead atoms. The minimum atomic E-state index is -0.0518. The van der Waals surface area contributed by atoms with Gasteiger partial charge >= 0.3 is 0 Å². The van der Waals surface area contributed by atoms with Gasteiger partial charge in [0.1, 0.15) is 11.7 Å². The number of aromatic nitrogens is 4. The van der Waals surface area contributed by atoms with E-state index in [1.165, 1.54) is 11.1 Å². The van der Waals surface area contributed by atoms with Crippen molar-refractivity contribution >= 4 is 11.0 Å². The number of rotatable bonds is 2. The van der Waals surface area contributed by atoms with Gasteiger partial charge in [0.25, 0.3) is 5.56 Å². The summed E-state index contributed by atoms with van der Waals surface area (Å²) in [7, 11) is 1.78. The molecule has 0 unspecified atom stereocenters. The second kappa shape index (κ2) is 4.59. The lowest BCUT2D eigenvalue weighted by Gasteiger charge is -2.09. The molecule has 3 rings (SSSR count). The predicted molar refractivity (Wildman–Crippen MR) is 77.8 cm³/mol. The zero-order chi connectivity index (χ0) is 14.3. The average Bonchev–Trinajstić information content (AvgIpc) is 2.79. The van der Waals surface area contributed by atoms with Gasteiger partial charge in [0.05, 0.1) is 12.7 Å². The van der Waals surface area contributed by atoms with Crippen LogP contribution in [0.4, 0.5) is 0 Å². The summed E-state index contributed by atoms with van der Waals surface area (Å²) in [5.41, 5.74) is 4.07. The van der Waals surface area contributed by atoms with Crippen LogP contribution in [-0.4, -0.2) is 19.3 Å². The van der Waals surface area contributed by atoms with Gasteiger partial charge in [-0.3, -0.25) is 14.0 Å². The van der Waals surface area contributed by atoms with Crippen molar-refractivity contribution in [1.29, 1.82) is 0 Å². The quantitative estimate of drug-likeness (QED) is 0.712. The van der Waals surface area contributed by atoms with Crippen LogP contribution in [0.15, 0.2) is 35.5 Å². The van der Waals surface area contributed by atoms with Crippen LogP contribution in [0.3, 0.4) is 0 Å². The standard InChI is InChI=1S/C15H16N4O/c1-10-4-5-11(2)12(6-10)8-19-9-16-14-13(15(19)20)7-17-18(14)3/h4-7,9H,8H2,1-3H3. The highest BCUT2D eigenvalue weighted by molar-refractivity contribution is 5.72. The molecule has 0 aliphatic rings. The Labute approximate surface area is 116 Å². The molecule has 5 nitrogen and oxygen atoms in total. The van der Waals surface area contributed by atoms with Crippen LogP contribution in [0.1, 0.15) is 16.7 Å². The van der Waals surface area contributed by atoms with E-state index in [0.717, 1.165) is 5.56 Å². The molecule has 0 N–H and O–H groups in total. The van der Waals surface area contributed by atoms with Crippen molar-refractivity contribution in [2.45, 2.75) is 20.4 Å². The molecular formula is C15H16N4O. The highest BCUT2D eigenvalue weighted by Crippen LogP contribution is 2.12. The van der Waals surface area contributed by atoms with Crippen LogP contribution >= 0.6 is 0 Å². The first kappa shape index (κ1) is 12.6. The van der Waals surface area contributed by atoms with Crippen LogP contribution in [0.25, 0.3) is 11.0 Å². The molecule has 0 aliphatic carbocycles. The highest BCUT2D eigenvalue weighted by Gasteiger charge is 2.09. The molecule has 0 radical (unpaired) electrons. The lowest BCUT2D eigenvalue weighted by atomic mass is 10.1. The normalized spacial score (nSPS) is 11.2. The zero-order valence-corrected chi connectivity index (χ0v) is 11.8. The second-order valence-electron chi connectivity index (χ2n) is 5.11.